The second-order valence-electron chi connectivity index (χ2n) is 6.85. The molecule has 152 valence electrons. The Balaban J connectivity index is 1.74. The van der Waals surface area contributed by atoms with Gasteiger partial charge in [0.1, 0.15) is 0 Å². The lowest BCUT2D eigenvalue weighted by molar-refractivity contribution is 0.0497. The Morgan fingerprint density at radius 1 is 0.931 bits per heavy atom. The van der Waals surface area contributed by atoms with Gasteiger partial charge >= 0.3 is 5.97 Å². The van der Waals surface area contributed by atoms with Gasteiger partial charge in [-0.15, -0.1) is 0 Å². The van der Waals surface area contributed by atoms with Crippen LogP contribution in [-0.2, 0) is 4.74 Å². The Bertz CT molecular complexity index is 958. The Morgan fingerprint density at radius 3 is 2.41 bits per heavy atom. The van der Waals surface area contributed by atoms with Crippen LogP contribution in [0.1, 0.15) is 70.1 Å². The second-order valence-corrected chi connectivity index (χ2v) is 7.70. The minimum Gasteiger partial charge on any atom is -0.462 e. The van der Waals surface area contributed by atoms with Crippen molar-refractivity contribution in [3.63, 3.8) is 0 Å². The zero-order chi connectivity index (χ0) is 21.0. The molecular weight excluding hydrogens is 413 g/mol. The lowest BCUT2D eigenvalue weighted by Crippen LogP contribution is -2.29. The maximum atomic E-state index is 12.9. The molecule has 5 nitrogen and oxygen atoms in total. The Morgan fingerprint density at radius 2 is 1.66 bits per heavy atom. The molecule has 0 aliphatic carbocycles. The molecule has 1 aliphatic rings. The van der Waals surface area contributed by atoms with E-state index in [2.05, 4.69) is 6.92 Å². The molecule has 2 aromatic carbocycles. The van der Waals surface area contributed by atoms with Gasteiger partial charge in [0, 0.05) is 5.02 Å². The molecular formula is C22H21Cl2NO4. The maximum Gasteiger partial charge on any atom is 0.338 e. The van der Waals surface area contributed by atoms with E-state index in [4.69, 9.17) is 27.9 Å². The quantitative estimate of drug-likeness (QED) is 0.294. The lowest BCUT2D eigenvalue weighted by atomic mass is 10.1. The summed E-state index contributed by atoms with van der Waals surface area (Å²) in [5, 5.41) is 0.579. The van der Waals surface area contributed by atoms with Crippen LogP contribution in [-0.4, -0.2) is 24.4 Å². The van der Waals surface area contributed by atoms with Crippen LogP contribution in [0, 0.1) is 0 Å². The summed E-state index contributed by atoms with van der Waals surface area (Å²) in [6, 6.07) is 8.90. The number of imide groups is 1. The molecule has 0 spiro atoms. The molecule has 3 rings (SSSR count). The van der Waals surface area contributed by atoms with E-state index < -0.39 is 17.8 Å². The van der Waals surface area contributed by atoms with Gasteiger partial charge in [-0.05, 0) is 42.8 Å². The summed E-state index contributed by atoms with van der Waals surface area (Å²) in [5.74, 6) is -1.57. The van der Waals surface area contributed by atoms with Gasteiger partial charge in [-0.2, -0.15) is 0 Å². The number of carbonyl (C=O) groups excluding carboxylic acids is 3. The fourth-order valence-corrected chi connectivity index (χ4v) is 3.57. The lowest BCUT2D eigenvalue weighted by Gasteiger charge is -2.15. The van der Waals surface area contributed by atoms with Gasteiger partial charge < -0.3 is 4.74 Å². The molecule has 2 amide bonds. The third-order valence-corrected chi connectivity index (χ3v) is 5.31. The monoisotopic (exact) mass is 433 g/mol. The van der Waals surface area contributed by atoms with Crippen LogP contribution in [0.2, 0.25) is 10.0 Å². The molecule has 29 heavy (non-hydrogen) atoms. The maximum absolute atomic E-state index is 12.9. The predicted molar refractivity (Wildman–Crippen MR) is 113 cm³/mol. The van der Waals surface area contributed by atoms with Gasteiger partial charge in [0.15, 0.2) is 0 Å². The summed E-state index contributed by atoms with van der Waals surface area (Å²) < 4.78 is 5.29. The zero-order valence-corrected chi connectivity index (χ0v) is 17.6. The number of hydrogen-bond acceptors (Lipinski definition) is 4. The fourth-order valence-electron chi connectivity index (χ4n) is 3.20. The molecule has 0 aromatic heterocycles. The number of ether oxygens (including phenoxy) is 1. The number of esters is 1. The number of carbonyl (C=O) groups is 3. The molecule has 0 fully saturated rings. The Labute approximate surface area is 179 Å². The van der Waals surface area contributed by atoms with Crippen molar-refractivity contribution < 1.29 is 19.1 Å². The number of benzene rings is 2. The third kappa shape index (κ3) is 4.62. The number of nitrogens with zero attached hydrogens (tertiary/aromatic N) is 1. The molecule has 0 saturated heterocycles. The van der Waals surface area contributed by atoms with E-state index in [0.717, 1.165) is 30.6 Å². The van der Waals surface area contributed by atoms with Crippen LogP contribution in [0.4, 0.5) is 5.69 Å². The van der Waals surface area contributed by atoms with Gasteiger partial charge in [0.2, 0.25) is 0 Å². The van der Waals surface area contributed by atoms with Crippen molar-refractivity contribution in [1.29, 1.82) is 0 Å². The number of hydrogen-bond donors (Lipinski definition) is 0. The van der Waals surface area contributed by atoms with Crippen molar-refractivity contribution in [3.05, 3.63) is 63.1 Å². The van der Waals surface area contributed by atoms with Crippen molar-refractivity contribution in [1.82, 2.24) is 0 Å². The average molecular weight is 434 g/mol. The van der Waals surface area contributed by atoms with Gasteiger partial charge in [-0.3, -0.25) is 9.59 Å². The minimum atomic E-state index is -0.552. The summed E-state index contributed by atoms with van der Waals surface area (Å²) in [5.41, 5.74) is 0.796. The predicted octanol–water partition coefficient (Wildman–Crippen LogP) is 5.92. The molecule has 0 N–H and O–H groups in total. The first-order chi connectivity index (χ1) is 13.9. The van der Waals surface area contributed by atoms with Gasteiger partial charge in [-0.25, -0.2) is 9.69 Å². The van der Waals surface area contributed by atoms with Crippen LogP contribution in [0.15, 0.2) is 36.4 Å². The molecule has 0 radical (unpaired) electrons. The third-order valence-electron chi connectivity index (χ3n) is 4.75. The van der Waals surface area contributed by atoms with Crippen molar-refractivity contribution in [2.45, 2.75) is 39.0 Å². The van der Waals surface area contributed by atoms with Crippen LogP contribution < -0.4 is 4.90 Å². The SMILES string of the molecule is CCCCCCCOC(=O)c1ccc2c(c1)C(=O)N(c1cc(Cl)ccc1Cl)C2=O. The van der Waals surface area contributed by atoms with Crippen LogP contribution in [0.25, 0.3) is 0 Å². The summed E-state index contributed by atoms with van der Waals surface area (Å²) in [6.45, 7) is 2.47. The summed E-state index contributed by atoms with van der Waals surface area (Å²) in [6.07, 6.45) is 5.25. The molecule has 0 unspecified atom stereocenters. The van der Waals surface area contributed by atoms with Crippen molar-refractivity contribution in [2.24, 2.45) is 0 Å². The first-order valence-corrected chi connectivity index (χ1v) is 10.3. The molecule has 1 heterocycles. The highest BCUT2D eigenvalue weighted by Gasteiger charge is 2.38. The van der Waals surface area contributed by atoms with Gasteiger partial charge in [0.05, 0.1) is 34.0 Å². The van der Waals surface area contributed by atoms with E-state index in [1.54, 1.807) is 6.07 Å². The van der Waals surface area contributed by atoms with Crippen LogP contribution in [0.3, 0.4) is 0 Å². The average Bonchev–Trinajstić information content (AvgIpc) is 2.96. The Kier molecular flexibility index (Phi) is 6.93. The van der Waals surface area contributed by atoms with E-state index in [0.29, 0.717) is 11.6 Å². The van der Waals surface area contributed by atoms with Crippen molar-refractivity contribution in [2.75, 3.05) is 11.5 Å². The normalized spacial score (nSPS) is 13.0. The summed E-state index contributed by atoms with van der Waals surface area (Å²) >= 11 is 12.1. The smallest absolute Gasteiger partial charge is 0.338 e. The highest BCUT2D eigenvalue weighted by molar-refractivity contribution is 6.41. The van der Waals surface area contributed by atoms with Crippen LogP contribution in [0.5, 0.6) is 0 Å². The summed E-state index contributed by atoms with van der Waals surface area (Å²) in [4.78, 5) is 38.9. The number of halogens is 2. The minimum absolute atomic E-state index is 0.142. The second kappa shape index (κ2) is 9.42. The molecule has 0 bridgehead atoms. The van der Waals surface area contributed by atoms with E-state index in [-0.39, 0.29) is 27.4 Å². The van der Waals surface area contributed by atoms with Crippen molar-refractivity contribution >= 4 is 46.7 Å². The van der Waals surface area contributed by atoms with E-state index in [1.165, 1.54) is 36.8 Å². The molecule has 1 aliphatic heterocycles. The number of rotatable bonds is 8. The highest BCUT2D eigenvalue weighted by atomic mass is 35.5. The van der Waals surface area contributed by atoms with Gasteiger partial charge in [-0.1, -0.05) is 55.8 Å². The largest absolute Gasteiger partial charge is 0.462 e. The number of fused-ring (bicyclic) bond motifs is 1. The number of anilines is 1. The first-order valence-electron chi connectivity index (χ1n) is 9.59. The molecule has 2 aromatic rings. The highest BCUT2D eigenvalue weighted by Crippen LogP contribution is 2.35. The number of unbranched alkanes of at least 4 members (excludes halogenated alkanes) is 4. The topological polar surface area (TPSA) is 63.7 Å². The van der Waals surface area contributed by atoms with Crippen LogP contribution >= 0.6 is 23.2 Å². The summed E-state index contributed by atoms with van der Waals surface area (Å²) in [7, 11) is 0. The molecule has 0 atom stereocenters. The molecule has 7 heteroatoms. The standard InChI is InChI=1S/C22H21Cl2NO4/c1-2-3-4-5-6-11-29-22(28)14-7-9-16-17(12-14)21(27)25(20(16)26)19-13-15(23)8-10-18(19)24/h7-10,12-13H,2-6,11H2,1H3. The van der Waals surface area contributed by atoms with Gasteiger partial charge in [0.25, 0.3) is 11.8 Å². The Hall–Kier alpha value is -2.37. The molecule has 0 saturated carbocycles. The van der Waals surface area contributed by atoms with E-state index >= 15 is 0 Å². The van der Waals surface area contributed by atoms with Crippen molar-refractivity contribution in [3.8, 4) is 0 Å². The number of amides is 2. The zero-order valence-electron chi connectivity index (χ0n) is 16.0. The first kappa shape index (κ1) is 21.3. The van der Waals surface area contributed by atoms with E-state index in [9.17, 15) is 14.4 Å². The van der Waals surface area contributed by atoms with E-state index in [1.807, 2.05) is 0 Å². The fraction of sp³-hybridized carbons (Fsp3) is 0.318.